The summed E-state index contributed by atoms with van der Waals surface area (Å²) in [6, 6.07) is 20.3. The van der Waals surface area contributed by atoms with Gasteiger partial charge in [0.1, 0.15) is 0 Å². The van der Waals surface area contributed by atoms with Gasteiger partial charge in [0.2, 0.25) is 0 Å². The van der Waals surface area contributed by atoms with Crippen molar-refractivity contribution in [2.24, 2.45) is 0 Å². The van der Waals surface area contributed by atoms with Crippen LogP contribution in [0.5, 0.6) is 0 Å². The molecule has 3 rings (SSSR count). The minimum absolute atomic E-state index is 0.0621. The van der Waals surface area contributed by atoms with Crippen molar-refractivity contribution in [3.8, 4) is 0 Å². The molecule has 1 fully saturated rings. The van der Waals surface area contributed by atoms with Crippen LogP contribution in [0, 0.1) is 0 Å². The number of para-hydroxylation sites is 2. The molecule has 2 aromatic carbocycles. The summed E-state index contributed by atoms with van der Waals surface area (Å²) in [5, 5.41) is 14.8. The van der Waals surface area contributed by atoms with Gasteiger partial charge in [0.15, 0.2) is 0 Å². The molecule has 1 atom stereocenters. The van der Waals surface area contributed by atoms with Gasteiger partial charge < -0.3 is 15.1 Å². The molecule has 0 radical (unpaired) electrons. The lowest BCUT2D eigenvalue weighted by molar-refractivity contribution is -0.159. The lowest BCUT2D eigenvalue weighted by Gasteiger charge is -2.30. The number of likely N-dealkylation sites (tertiary alicyclic amines) is 1. The first-order valence-corrected chi connectivity index (χ1v) is 10.3. The number of carbonyl (C=O) groups excluding carboxylic acids is 1. The number of amides is 2. The number of hydrogen-bond donors (Lipinski definition) is 2. The van der Waals surface area contributed by atoms with Gasteiger partial charge in [-0.05, 0) is 43.8 Å². The standard InChI is InChI=1S/C21H27N3O.C2H2O4/c1-3-22(4-2)20-15-16-23(17-20)21(25)24(18-11-7-5-8-12-18)19-13-9-6-10-14-19;3-1(4)2(5)6/h5-14,20H,3-4,15-17H2,1-2H3;(H,3,4)(H,5,6). The molecule has 1 heterocycles. The van der Waals surface area contributed by atoms with E-state index in [9.17, 15) is 4.79 Å². The van der Waals surface area contributed by atoms with Gasteiger partial charge in [0, 0.05) is 19.1 Å². The van der Waals surface area contributed by atoms with E-state index in [4.69, 9.17) is 19.8 Å². The van der Waals surface area contributed by atoms with Crippen molar-refractivity contribution in [3.63, 3.8) is 0 Å². The highest BCUT2D eigenvalue weighted by Gasteiger charge is 2.32. The Kier molecular flexibility index (Phi) is 9.02. The van der Waals surface area contributed by atoms with Crippen molar-refractivity contribution < 1.29 is 24.6 Å². The van der Waals surface area contributed by atoms with Gasteiger partial charge in [-0.2, -0.15) is 0 Å². The fraction of sp³-hybridized carbons (Fsp3) is 0.348. The second-order valence-electron chi connectivity index (χ2n) is 7.01. The zero-order valence-electron chi connectivity index (χ0n) is 17.8. The average Bonchev–Trinajstić information content (AvgIpc) is 3.27. The molecule has 0 aliphatic carbocycles. The first-order chi connectivity index (χ1) is 14.9. The SMILES string of the molecule is CCN(CC)C1CCN(C(=O)N(c2ccccc2)c2ccccc2)C1.O=C(O)C(=O)O. The molecule has 8 nitrogen and oxygen atoms in total. The molecule has 0 saturated carbocycles. The van der Waals surface area contributed by atoms with E-state index in [1.807, 2.05) is 70.5 Å². The number of anilines is 2. The molecule has 1 aliphatic rings. The summed E-state index contributed by atoms with van der Waals surface area (Å²) in [6.07, 6.45) is 1.05. The Morgan fingerprint density at radius 1 is 0.871 bits per heavy atom. The third-order valence-electron chi connectivity index (χ3n) is 5.17. The molecule has 0 bridgehead atoms. The Bertz CT molecular complexity index is 805. The van der Waals surface area contributed by atoms with Crippen LogP contribution in [0.15, 0.2) is 60.7 Å². The minimum Gasteiger partial charge on any atom is -0.473 e. The van der Waals surface area contributed by atoms with E-state index < -0.39 is 11.9 Å². The highest BCUT2D eigenvalue weighted by molar-refractivity contribution is 6.27. The van der Waals surface area contributed by atoms with Crippen LogP contribution >= 0.6 is 0 Å². The van der Waals surface area contributed by atoms with E-state index in [0.29, 0.717) is 6.04 Å². The van der Waals surface area contributed by atoms with Gasteiger partial charge in [-0.3, -0.25) is 9.80 Å². The van der Waals surface area contributed by atoms with Gasteiger partial charge in [0.25, 0.3) is 0 Å². The van der Waals surface area contributed by atoms with Crippen LogP contribution in [-0.2, 0) is 9.59 Å². The number of carbonyl (C=O) groups is 3. The number of hydrogen-bond acceptors (Lipinski definition) is 4. The Labute approximate surface area is 182 Å². The summed E-state index contributed by atoms with van der Waals surface area (Å²) >= 11 is 0. The number of benzene rings is 2. The zero-order valence-corrected chi connectivity index (χ0v) is 17.8. The summed E-state index contributed by atoms with van der Waals surface area (Å²) in [5.41, 5.74) is 1.81. The molecular formula is C23H29N3O5. The molecule has 1 aliphatic heterocycles. The number of carboxylic acid groups (broad SMARTS) is 2. The van der Waals surface area contributed by atoms with E-state index in [-0.39, 0.29) is 6.03 Å². The number of carboxylic acids is 2. The summed E-state index contributed by atoms with van der Waals surface area (Å²) in [5.74, 6) is -3.65. The van der Waals surface area contributed by atoms with Crippen molar-refractivity contribution >= 4 is 29.3 Å². The highest BCUT2D eigenvalue weighted by Crippen LogP contribution is 2.28. The van der Waals surface area contributed by atoms with Crippen LogP contribution < -0.4 is 4.90 Å². The Morgan fingerprint density at radius 2 is 1.32 bits per heavy atom. The van der Waals surface area contributed by atoms with Crippen molar-refractivity contribution in [1.29, 1.82) is 0 Å². The molecule has 2 aromatic rings. The maximum atomic E-state index is 13.3. The van der Waals surface area contributed by atoms with Crippen LogP contribution in [0.3, 0.4) is 0 Å². The van der Waals surface area contributed by atoms with Crippen LogP contribution in [0.1, 0.15) is 20.3 Å². The third-order valence-corrected chi connectivity index (χ3v) is 5.17. The second-order valence-corrected chi connectivity index (χ2v) is 7.01. The van der Waals surface area contributed by atoms with Gasteiger partial charge >= 0.3 is 18.0 Å². The molecule has 31 heavy (non-hydrogen) atoms. The molecule has 0 aromatic heterocycles. The quantitative estimate of drug-likeness (QED) is 0.708. The molecule has 8 heteroatoms. The Balaban J connectivity index is 0.000000501. The summed E-state index contributed by atoms with van der Waals surface area (Å²) < 4.78 is 0. The topological polar surface area (TPSA) is 101 Å². The number of likely N-dealkylation sites (N-methyl/N-ethyl adjacent to an activating group) is 1. The number of nitrogens with zero attached hydrogens (tertiary/aromatic N) is 3. The number of aliphatic carboxylic acids is 2. The van der Waals surface area contributed by atoms with E-state index in [1.54, 1.807) is 0 Å². The zero-order chi connectivity index (χ0) is 22.8. The molecule has 1 unspecified atom stereocenters. The fourth-order valence-corrected chi connectivity index (χ4v) is 3.62. The van der Waals surface area contributed by atoms with Crippen LogP contribution in [-0.4, -0.2) is 70.2 Å². The molecular weight excluding hydrogens is 398 g/mol. The Hall–Kier alpha value is -3.39. The molecule has 1 saturated heterocycles. The van der Waals surface area contributed by atoms with Crippen LogP contribution in [0.4, 0.5) is 16.2 Å². The van der Waals surface area contributed by atoms with E-state index in [2.05, 4.69) is 18.7 Å². The van der Waals surface area contributed by atoms with Crippen molar-refractivity contribution in [2.45, 2.75) is 26.3 Å². The first kappa shape index (κ1) is 23.9. The predicted octanol–water partition coefficient (Wildman–Crippen LogP) is 3.52. The highest BCUT2D eigenvalue weighted by atomic mass is 16.4. The number of rotatable bonds is 5. The third kappa shape index (κ3) is 6.55. The lowest BCUT2D eigenvalue weighted by atomic mass is 10.2. The number of urea groups is 1. The summed E-state index contributed by atoms with van der Waals surface area (Å²) in [6.45, 7) is 8.06. The molecule has 2 N–H and O–H groups in total. The van der Waals surface area contributed by atoms with Crippen molar-refractivity contribution in [1.82, 2.24) is 9.80 Å². The molecule has 0 spiro atoms. The maximum Gasteiger partial charge on any atom is 0.414 e. The van der Waals surface area contributed by atoms with E-state index in [1.165, 1.54) is 0 Å². The van der Waals surface area contributed by atoms with Crippen molar-refractivity contribution in [3.05, 3.63) is 60.7 Å². The normalized spacial score (nSPS) is 15.2. The van der Waals surface area contributed by atoms with Crippen LogP contribution in [0.2, 0.25) is 0 Å². The average molecular weight is 428 g/mol. The molecule has 166 valence electrons. The monoisotopic (exact) mass is 427 g/mol. The lowest BCUT2D eigenvalue weighted by Crippen LogP contribution is -2.42. The van der Waals surface area contributed by atoms with E-state index in [0.717, 1.165) is 44.0 Å². The summed E-state index contributed by atoms with van der Waals surface area (Å²) in [7, 11) is 0. The van der Waals surface area contributed by atoms with E-state index >= 15 is 0 Å². The summed E-state index contributed by atoms with van der Waals surface area (Å²) in [4.78, 5) is 37.8. The van der Waals surface area contributed by atoms with Gasteiger partial charge in [-0.15, -0.1) is 0 Å². The second kappa shape index (κ2) is 11.7. The predicted molar refractivity (Wildman–Crippen MR) is 119 cm³/mol. The van der Waals surface area contributed by atoms with Gasteiger partial charge in [-0.1, -0.05) is 50.2 Å². The Morgan fingerprint density at radius 3 is 1.71 bits per heavy atom. The smallest absolute Gasteiger partial charge is 0.414 e. The first-order valence-electron chi connectivity index (χ1n) is 10.3. The molecule has 2 amide bonds. The van der Waals surface area contributed by atoms with Crippen molar-refractivity contribution in [2.75, 3.05) is 31.1 Å². The minimum atomic E-state index is -1.82. The fourth-order valence-electron chi connectivity index (χ4n) is 3.62. The van der Waals surface area contributed by atoms with Gasteiger partial charge in [-0.25, -0.2) is 14.4 Å². The maximum absolute atomic E-state index is 13.3. The van der Waals surface area contributed by atoms with Crippen LogP contribution in [0.25, 0.3) is 0 Å². The van der Waals surface area contributed by atoms with Gasteiger partial charge in [0.05, 0.1) is 11.4 Å². The largest absolute Gasteiger partial charge is 0.473 e.